The highest BCUT2D eigenvalue weighted by atomic mass is 16.5. The van der Waals surface area contributed by atoms with E-state index in [0.29, 0.717) is 29.4 Å². The van der Waals surface area contributed by atoms with Crippen LogP contribution < -0.4 is 5.73 Å². The summed E-state index contributed by atoms with van der Waals surface area (Å²) in [5, 5.41) is 10.3. The highest BCUT2D eigenvalue weighted by molar-refractivity contribution is 5.38. The van der Waals surface area contributed by atoms with Gasteiger partial charge in [0.15, 0.2) is 0 Å². The summed E-state index contributed by atoms with van der Waals surface area (Å²) in [4.78, 5) is 2.67. The van der Waals surface area contributed by atoms with Gasteiger partial charge >= 0.3 is 0 Å². The van der Waals surface area contributed by atoms with Gasteiger partial charge in [-0.3, -0.25) is 4.90 Å². The van der Waals surface area contributed by atoms with Crippen LogP contribution in [0.15, 0.2) is 22.8 Å². The Kier molecular flexibility index (Phi) is 5.46. The minimum atomic E-state index is -0.122. The van der Waals surface area contributed by atoms with Crippen molar-refractivity contribution in [2.75, 3.05) is 19.6 Å². The lowest BCUT2D eigenvalue weighted by atomic mass is 9.56. The van der Waals surface area contributed by atoms with Crippen molar-refractivity contribution in [1.29, 1.82) is 0 Å². The monoisotopic (exact) mass is 454 g/mol. The van der Waals surface area contributed by atoms with Crippen LogP contribution in [0.3, 0.4) is 0 Å². The maximum Gasteiger partial charge on any atom is 0.0937 e. The number of nitrogens with two attached hydrogens (primary N) is 1. The summed E-state index contributed by atoms with van der Waals surface area (Å²) in [6, 6.07) is 0.520. The van der Waals surface area contributed by atoms with Crippen LogP contribution in [0.25, 0.3) is 0 Å². The Morgan fingerprint density at radius 2 is 2.03 bits per heavy atom. The van der Waals surface area contributed by atoms with Crippen molar-refractivity contribution in [3.63, 3.8) is 0 Å². The number of allylic oxidation sites excluding steroid dienone is 2. The summed E-state index contributed by atoms with van der Waals surface area (Å²) < 4.78 is 7.19. The Hall–Kier alpha value is -0.680. The first kappa shape index (κ1) is 22.8. The molecule has 0 bridgehead atoms. The molecule has 1 spiro atoms. The maximum atomic E-state index is 10.3. The molecule has 33 heavy (non-hydrogen) atoms. The smallest absolute Gasteiger partial charge is 0.0937 e. The number of fused-ring (bicyclic) bond motifs is 6. The Bertz CT molecular complexity index is 866. The summed E-state index contributed by atoms with van der Waals surface area (Å²) in [5.74, 6) is 3.52. The predicted octanol–water partition coefficient (Wildman–Crippen LogP) is 4.67. The fourth-order valence-corrected chi connectivity index (χ4v) is 9.89. The third kappa shape index (κ3) is 3.16. The molecule has 2 aliphatic heterocycles. The fourth-order valence-electron chi connectivity index (χ4n) is 9.89. The molecule has 0 amide bonds. The van der Waals surface area contributed by atoms with E-state index >= 15 is 0 Å². The van der Waals surface area contributed by atoms with Crippen LogP contribution in [0.2, 0.25) is 0 Å². The number of hydrogen-bond donors (Lipinski definition) is 2. The van der Waals surface area contributed by atoms with E-state index in [0.717, 1.165) is 50.1 Å². The van der Waals surface area contributed by atoms with Gasteiger partial charge in [0.2, 0.25) is 0 Å². The van der Waals surface area contributed by atoms with Gasteiger partial charge in [-0.1, -0.05) is 38.0 Å². The molecule has 6 aliphatic rings. The molecule has 6 rings (SSSR count). The summed E-state index contributed by atoms with van der Waals surface area (Å²) in [6.45, 7) is 12.8. The maximum absolute atomic E-state index is 10.3. The number of piperidine rings is 1. The van der Waals surface area contributed by atoms with Gasteiger partial charge in [-0.2, -0.15) is 0 Å². The number of hydrogen-bond acceptors (Lipinski definition) is 4. The first-order valence-electron chi connectivity index (χ1n) is 14.0. The van der Waals surface area contributed by atoms with Crippen LogP contribution >= 0.6 is 0 Å². The number of nitrogens with zero attached hydrogens (tertiary/aromatic N) is 1. The van der Waals surface area contributed by atoms with Gasteiger partial charge < -0.3 is 15.6 Å². The van der Waals surface area contributed by atoms with Crippen LogP contribution in [-0.4, -0.2) is 53.5 Å². The van der Waals surface area contributed by atoms with Crippen molar-refractivity contribution in [3.8, 4) is 0 Å². The van der Waals surface area contributed by atoms with E-state index in [1.165, 1.54) is 38.6 Å². The molecule has 2 saturated carbocycles. The predicted molar refractivity (Wildman–Crippen MR) is 133 cm³/mol. The highest BCUT2D eigenvalue weighted by Crippen LogP contribution is 2.65. The average Bonchev–Trinajstić information content (AvgIpc) is 3.29. The molecule has 4 unspecified atom stereocenters. The van der Waals surface area contributed by atoms with Crippen molar-refractivity contribution >= 4 is 0 Å². The van der Waals surface area contributed by atoms with Gasteiger partial charge in [0.1, 0.15) is 0 Å². The molecular weight excluding hydrogens is 408 g/mol. The third-order valence-electron chi connectivity index (χ3n) is 11.5. The fraction of sp³-hybridized carbons (Fsp3) is 0.862. The molecule has 4 fully saturated rings. The van der Waals surface area contributed by atoms with Gasteiger partial charge in [-0.05, 0) is 93.0 Å². The molecule has 10 atom stereocenters. The zero-order valence-electron chi connectivity index (χ0n) is 21.4. The van der Waals surface area contributed by atoms with Crippen LogP contribution in [0.4, 0.5) is 0 Å². The van der Waals surface area contributed by atoms with Gasteiger partial charge in [0.25, 0.3) is 0 Å². The molecule has 4 aliphatic carbocycles. The first-order valence-corrected chi connectivity index (χ1v) is 14.0. The van der Waals surface area contributed by atoms with Crippen LogP contribution in [-0.2, 0) is 4.74 Å². The van der Waals surface area contributed by atoms with Crippen molar-refractivity contribution < 1.29 is 9.84 Å². The second-order valence-corrected chi connectivity index (χ2v) is 13.0. The Labute approximate surface area is 201 Å². The van der Waals surface area contributed by atoms with E-state index in [4.69, 9.17) is 10.5 Å². The molecule has 0 aromatic heterocycles. The minimum Gasteiger partial charge on any atom is -0.393 e. The number of likely N-dealkylation sites (tertiary alicyclic amines) is 1. The van der Waals surface area contributed by atoms with E-state index < -0.39 is 0 Å². The largest absolute Gasteiger partial charge is 0.393 e. The molecule has 2 heterocycles. The Balaban J connectivity index is 1.33. The molecule has 184 valence electrons. The second-order valence-electron chi connectivity index (χ2n) is 13.0. The van der Waals surface area contributed by atoms with Crippen molar-refractivity contribution in [2.24, 2.45) is 40.7 Å². The number of aliphatic hydroxyl groups excluding tert-OH is 1. The number of aliphatic hydroxyl groups is 1. The average molecular weight is 455 g/mol. The van der Waals surface area contributed by atoms with Gasteiger partial charge in [0, 0.05) is 31.6 Å². The van der Waals surface area contributed by atoms with E-state index in [9.17, 15) is 5.11 Å². The first-order chi connectivity index (χ1) is 15.8. The van der Waals surface area contributed by atoms with Gasteiger partial charge in [0.05, 0.1) is 17.8 Å². The van der Waals surface area contributed by atoms with Crippen LogP contribution in [0.1, 0.15) is 79.1 Å². The number of rotatable bonds is 2. The van der Waals surface area contributed by atoms with Crippen molar-refractivity contribution in [3.05, 3.63) is 22.8 Å². The number of ether oxygens (including phenoxy) is 1. The SMILES string of the molecule is CC1=C2CC3[C@@H](CC=C4C[C@@H](O)CC[C@@]43C)C2CC[C@]12OC1C[C@H](C)CN(CCN)[C@H]1C2C. The summed E-state index contributed by atoms with van der Waals surface area (Å²) in [7, 11) is 0. The molecule has 3 N–H and O–H groups in total. The third-order valence-corrected chi connectivity index (χ3v) is 11.5. The second kappa shape index (κ2) is 7.91. The van der Waals surface area contributed by atoms with Crippen molar-refractivity contribution in [2.45, 2.75) is 103 Å². The topological polar surface area (TPSA) is 58.7 Å². The lowest BCUT2D eigenvalue weighted by Gasteiger charge is -2.49. The molecule has 0 aromatic carbocycles. The normalized spacial score (nSPS) is 51.8. The van der Waals surface area contributed by atoms with E-state index in [1.807, 2.05) is 0 Å². The molecule has 0 radical (unpaired) electrons. The van der Waals surface area contributed by atoms with Gasteiger partial charge in [-0.25, -0.2) is 0 Å². The quantitative estimate of drug-likeness (QED) is 0.595. The van der Waals surface area contributed by atoms with E-state index in [1.54, 1.807) is 16.7 Å². The molecule has 4 nitrogen and oxygen atoms in total. The minimum absolute atomic E-state index is 0.0640. The Morgan fingerprint density at radius 3 is 2.82 bits per heavy atom. The van der Waals surface area contributed by atoms with Crippen LogP contribution in [0, 0.1) is 35.0 Å². The molecular formula is C29H46N2O2. The standard InChI is InChI=1S/C29H46N2O2/c1-17-13-26-27(31(16-17)12-11-30)19(3)29(33-26)10-8-22-23-6-5-20-14-21(32)7-9-28(20,4)25(23)15-24(22)18(29)2/h5,17,19,21-23,25-27,32H,6-16,30H2,1-4H3/t17-,19?,21-,22?,23-,25?,26?,27-,28-,29-/m0/s1. The van der Waals surface area contributed by atoms with Crippen molar-refractivity contribution in [1.82, 2.24) is 4.90 Å². The van der Waals surface area contributed by atoms with Gasteiger partial charge in [-0.15, -0.1) is 0 Å². The van der Waals surface area contributed by atoms with Crippen LogP contribution in [0.5, 0.6) is 0 Å². The lowest BCUT2D eigenvalue weighted by Crippen LogP contribution is -2.53. The van der Waals surface area contributed by atoms with E-state index in [2.05, 4.69) is 38.7 Å². The zero-order chi connectivity index (χ0) is 23.1. The zero-order valence-corrected chi connectivity index (χ0v) is 21.4. The summed E-state index contributed by atoms with van der Waals surface area (Å²) in [5.41, 5.74) is 11.2. The molecule has 0 aromatic rings. The summed E-state index contributed by atoms with van der Waals surface area (Å²) >= 11 is 0. The Morgan fingerprint density at radius 1 is 1.21 bits per heavy atom. The summed E-state index contributed by atoms with van der Waals surface area (Å²) in [6.07, 6.45) is 12.0. The highest BCUT2D eigenvalue weighted by Gasteiger charge is 2.61. The molecule has 2 saturated heterocycles. The van der Waals surface area contributed by atoms with E-state index in [-0.39, 0.29) is 11.7 Å². The molecule has 4 heteroatoms. The lowest BCUT2D eigenvalue weighted by molar-refractivity contribution is -0.0645.